The largest absolute Gasteiger partial charge is 0.496 e. The third-order valence-electron chi connectivity index (χ3n) is 7.31. The van der Waals surface area contributed by atoms with Gasteiger partial charge in [0.2, 0.25) is 0 Å². The first kappa shape index (κ1) is 26.5. The summed E-state index contributed by atoms with van der Waals surface area (Å²) in [5.41, 5.74) is 1.82. The van der Waals surface area contributed by atoms with Gasteiger partial charge in [0.1, 0.15) is 22.3 Å². The van der Waals surface area contributed by atoms with Crippen molar-refractivity contribution >= 4 is 38.9 Å². The monoisotopic (exact) mass is 555 g/mol. The Morgan fingerprint density at radius 3 is 2.63 bits per heavy atom. The fourth-order valence-corrected chi connectivity index (χ4v) is 6.75. The minimum atomic E-state index is -0.447. The van der Waals surface area contributed by atoms with E-state index in [0.29, 0.717) is 32.5 Å². The number of hydrogen-bond donors (Lipinski definition) is 1. The number of amides is 1. The Balaban J connectivity index is 1.55. The molecule has 1 saturated carbocycles. The highest BCUT2D eigenvalue weighted by Gasteiger charge is 2.32. The first-order valence-corrected chi connectivity index (χ1v) is 13.7. The highest BCUT2D eigenvalue weighted by atomic mass is 35.5. The molecular weight excluding hydrogens is 528 g/mol. The summed E-state index contributed by atoms with van der Waals surface area (Å²) < 4.78 is 35.4. The van der Waals surface area contributed by atoms with Gasteiger partial charge in [-0.05, 0) is 68.6 Å². The quantitative estimate of drug-likeness (QED) is 0.265. The van der Waals surface area contributed by atoms with Crippen molar-refractivity contribution in [2.24, 2.45) is 0 Å². The Bertz CT molecular complexity index is 1470. The molecule has 1 fully saturated rings. The van der Waals surface area contributed by atoms with Crippen molar-refractivity contribution < 1.29 is 18.3 Å². The van der Waals surface area contributed by atoms with Gasteiger partial charge in [-0.15, -0.1) is 11.3 Å². The summed E-state index contributed by atoms with van der Waals surface area (Å²) in [4.78, 5) is 20.1. The maximum atomic E-state index is 14.6. The first-order valence-electron chi connectivity index (χ1n) is 12.5. The standard InChI is InChI=1S/C29H28ClF2N3O2S/c1-33-19-7-9-20(10-8-19)35(29(36)28-27(30)26-22(31)4-3-5-25(26)38-28)16-18-14-17(6-11-24(18)37-2)21-12-13-34-15-23(21)32/h3-6,11-15,19-20,33H,7-10,16H2,1-2H3. The predicted octanol–water partition coefficient (Wildman–Crippen LogP) is 7.08. The summed E-state index contributed by atoms with van der Waals surface area (Å²) in [7, 11) is 3.52. The molecule has 0 bridgehead atoms. The number of methoxy groups -OCH3 is 1. The molecule has 0 aliphatic heterocycles. The van der Waals surface area contributed by atoms with E-state index in [9.17, 15) is 13.6 Å². The van der Waals surface area contributed by atoms with Crippen LogP contribution in [0.25, 0.3) is 21.2 Å². The van der Waals surface area contributed by atoms with Crippen molar-refractivity contribution in [3.8, 4) is 16.9 Å². The molecule has 1 aliphatic rings. The van der Waals surface area contributed by atoms with Crippen molar-refractivity contribution in [1.29, 1.82) is 0 Å². The fourth-order valence-electron chi connectivity index (χ4n) is 5.24. The molecular formula is C29H28ClF2N3O2S. The number of pyridine rings is 1. The average Bonchev–Trinajstić information content (AvgIpc) is 3.29. The van der Waals surface area contributed by atoms with Crippen LogP contribution in [0.2, 0.25) is 5.02 Å². The number of halogens is 3. The second kappa shape index (κ2) is 11.4. The van der Waals surface area contributed by atoms with E-state index in [-0.39, 0.29) is 28.9 Å². The van der Waals surface area contributed by atoms with Crippen molar-refractivity contribution in [3.05, 3.63) is 82.0 Å². The number of carbonyl (C=O) groups excluding carboxylic acids is 1. The molecule has 0 atom stereocenters. The van der Waals surface area contributed by atoms with Crippen molar-refractivity contribution in [2.45, 2.75) is 44.3 Å². The van der Waals surface area contributed by atoms with Crippen LogP contribution in [0.15, 0.2) is 54.9 Å². The van der Waals surface area contributed by atoms with E-state index in [1.165, 1.54) is 23.6 Å². The molecule has 0 unspecified atom stereocenters. The summed E-state index contributed by atoms with van der Waals surface area (Å²) in [6.45, 7) is 0.241. The van der Waals surface area contributed by atoms with Crippen LogP contribution >= 0.6 is 22.9 Å². The number of rotatable bonds is 7. The number of hydrogen-bond acceptors (Lipinski definition) is 5. The zero-order chi connectivity index (χ0) is 26.8. The molecule has 198 valence electrons. The number of carbonyl (C=O) groups is 1. The van der Waals surface area contributed by atoms with E-state index < -0.39 is 11.6 Å². The molecule has 2 heterocycles. The van der Waals surface area contributed by atoms with Gasteiger partial charge in [-0.1, -0.05) is 23.7 Å². The maximum absolute atomic E-state index is 14.6. The minimum Gasteiger partial charge on any atom is -0.496 e. The van der Waals surface area contributed by atoms with Crippen LogP contribution in [0.3, 0.4) is 0 Å². The normalized spacial score (nSPS) is 17.5. The van der Waals surface area contributed by atoms with E-state index in [4.69, 9.17) is 16.3 Å². The van der Waals surface area contributed by atoms with Gasteiger partial charge in [0, 0.05) is 46.0 Å². The third-order valence-corrected chi connectivity index (χ3v) is 8.94. The molecule has 0 radical (unpaired) electrons. The number of thiophene rings is 1. The summed E-state index contributed by atoms with van der Waals surface area (Å²) in [6, 6.07) is 12.1. The third kappa shape index (κ3) is 5.13. The van der Waals surface area contributed by atoms with Crippen molar-refractivity contribution in [3.63, 3.8) is 0 Å². The average molecular weight is 556 g/mol. The number of nitrogens with zero attached hydrogens (tertiary/aromatic N) is 2. The van der Waals surface area contributed by atoms with Gasteiger partial charge >= 0.3 is 0 Å². The first-order chi connectivity index (χ1) is 18.4. The van der Waals surface area contributed by atoms with Crippen molar-refractivity contribution in [2.75, 3.05) is 14.2 Å². The SMILES string of the molecule is CNC1CCC(N(Cc2cc(-c3ccncc3F)ccc2OC)C(=O)c2sc3cccc(F)c3c2Cl)CC1. The summed E-state index contributed by atoms with van der Waals surface area (Å²) in [5.74, 6) is -0.525. The van der Waals surface area contributed by atoms with Gasteiger partial charge in [0.05, 0.1) is 18.3 Å². The van der Waals surface area contributed by atoms with Crippen LogP contribution in [-0.2, 0) is 6.54 Å². The van der Waals surface area contributed by atoms with Gasteiger partial charge in [0.25, 0.3) is 5.91 Å². The van der Waals surface area contributed by atoms with E-state index in [2.05, 4.69) is 10.3 Å². The number of benzene rings is 2. The number of nitrogens with one attached hydrogen (secondary N) is 1. The molecule has 38 heavy (non-hydrogen) atoms. The van der Waals surface area contributed by atoms with Gasteiger partial charge in [-0.25, -0.2) is 8.78 Å². The summed E-state index contributed by atoms with van der Waals surface area (Å²) >= 11 is 7.81. The van der Waals surface area contributed by atoms with E-state index in [1.807, 2.05) is 18.0 Å². The molecule has 5 rings (SSSR count). The van der Waals surface area contributed by atoms with E-state index in [0.717, 1.165) is 31.2 Å². The van der Waals surface area contributed by atoms with Crippen LogP contribution < -0.4 is 10.1 Å². The molecule has 0 spiro atoms. The van der Waals surface area contributed by atoms with E-state index in [1.54, 1.807) is 43.6 Å². The van der Waals surface area contributed by atoms with Gasteiger partial charge in [0.15, 0.2) is 0 Å². The Morgan fingerprint density at radius 2 is 1.95 bits per heavy atom. The Morgan fingerprint density at radius 1 is 1.16 bits per heavy atom. The lowest BCUT2D eigenvalue weighted by atomic mass is 9.89. The molecule has 2 aromatic carbocycles. The lowest BCUT2D eigenvalue weighted by Gasteiger charge is -2.37. The number of ether oxygens (including phenoxy) is 1. The molecule has 1 N–H and O–H groups in total. The molecule has 1 aliphatic carbocycles. The second-order valence-corrected chi connectivity index (χ2v) is 10.9. The Kier molecular flexibility index (Phi) is 7.93. The maximum Gasteiger partial charge on any atom is 0.266 e. The molecule has 1 amide bonds. The lowest BCUT2D eigenvalue weighted by molar-refractivity contribution is 0.0604. The fraction of sp³-hybridized carbons (Fsp3) is 0.310. The smallest absolute Gasteiger partial charge is 0.266 e. The zero-order valence-electron chi connectivity index (χ0n) is 21.1. The molecule has 9 heteroatoms. The van der Waals surface area contributed by atoms with Crippen LogP contribution in [0.4, 0.5) is 8.78 Å². The highest BCUT2D eigenvalue weighted by molar-refractivity contribution is 7.21. The van der Waals surface area contributed by atoms with Crippen molar-refractivity contribution in [1.82, 2.24) is 15.2 Å². The predicted molar refractivity (Wildman–Crippen MR) is 148 cm³/mol. The van der Waals surface area contributed by atoms with Gasteiger partial charge in [-0.2, -0.15) is 0 Å². The van der Waals surface area contributed by atoms with Crippen LogP contribution in [0.5, 0.6) is 5.75 Å². The topological polar surface area (TPSA) is 54.5 Å². The van der Waals surface area contributed by atoms with Gasteiger partial charge in [-0.3, -0.25) is 9.78 Å². The minimum absolute atomic E-state index is 0.0377. The van der Waals surface area contributed by atoms with Gasteiger partial charge < -0.3 is 15.0 Å². The molecule has 0 saturated heterocycles. The molecule has 2 aromatic heterocycles. The number of fused-ring (bicyclic) bond motifs is 1. The Labute approximate surface area is 229 Å². The molecule has 4 aromatic rings. The van der Waals surface area contributed by atoms with E-state index >= 15 is 0 Å². The lowest BCUT2D eigenvalue weighted by Crippen LogP contribution is -2.44. The molecule has 5 nitrogen and oxygen atoms in total. The van der Waals surface area contributed by atoms with Crippen LogP contribution in [0.1, 0.15) is 40.9 Å². The zero-order valence-corrected chi connectivity index (χ0v) is 22.7. The number of aromatic nitrogens is 1. The summed E-state index contributed by atoms with van der Waals surface area (Å²) in [6.07, 6.45) is 6.21. The summed E-state index contributed by atoms with van der Waals surface area (Å²) in [5, 5.41) is 3.74. The second-order valence-electron chi connectivity index (χ2n) is 9.47. The van der Waals surface area contributed by atoms with Crippen LogP contribution in [0, 0.1) is 11.6 Å². The Hall–Kier alpha value is -3.07. The highest BCUT2D eigenvalue weighted by Crippen LogP contribution is 2.39. The van der Waals surface area contributed by atoms with Crippen LogP contribution in [-0.4, -0.2) is 42.0 Å².